The number of hydrogen-bond acceptors (Lipinski definition) is 4. The number of fused-ring (bicyclic) bond motifs is 1. The normalized spacial score (nSPS) is 12.8. The van der Waals surface area contributed by atoms with Gasteiger partial charge in [-0.15, -0.1) is 0 Å². The molecule has 1 amide bonds. The number of aromatic nitrogens is 3. The Bertz CT molecular complexity index is 999. The lowest BCUT2D eigenvalue weighted by atomic mass is 10.2. The quantitative estimate of drug-likeness (QED) is 0.670. The first kappa shape index (κ1) is 19.6. The Balaban J connectivity index is 1.70. The van der Waals surface area contributed by atoms with Crippen LogP contribution in [0.4, 0.5) is 17.6 Å². The Labute approximate surface area is 157 Å². The summed E-state index contributed by atoms with van der Waals surface area (Å²) in [5, 5.41) is 3.44. The molecule has 0 saturated heterocycles. The highest BCUT2D eigenvalue weighted by atomic mass is 19.4. The van der Waals surface area contributed by atoms with E-state index in [-0.39, 0.29) is 5.88 Å². The van der Waals surface area contributed by atoms with Crippen LogP contribution in [-0.2, 0) is 7.05 Å². The fourth-order valence-electron chi connectivity index (χ4n) is 2.65. The molecule has 1 N–H and O–H groups in total. The molecule has 28 heavy (non-hydrogen) atoms. The second-order valence-corrected chi connectivity index (χ2v) is 6.17. The van der Waals surface area contributed by atoms with Crippen molar-refractivity contribution < 1.29 is 27.1 Å². The maximum atomic E-state index is 13.4. The predicted molar refractivity (Wildman–Crippen MR) is 92.3 cm³/mol. The minimum Gasteiger partial charge on any atom is -0.467 e. The van der Waals surface area contributed by atoms with Crippen LogP contribution < -0.4 is 10.1 Å². The zero-order valence-electron chi connectivity index (χ0n) is 14.9. The van der Waals surface area contributed by atoms with Crippen LogP contribution in [0.3, 0.4) is 0 Å². The van der Waals surface area contributed by atoms with Crippen LogP contribution in [-0.4, -0.2) is 33.2 Å². The number of aryl methyl sites for hydroxylation is 1. The summed E-state index contributed by atoms with van der Waals surface area (Å²) in [5.41, 5.74) is 1.24. The highest BCUT2D eigenvalue weighted by Crippen LogP contribution is 2.21. The van der Waals surface area contributed by atoms with Crippen LogP contribution in [0.5, 0.6) is 5.88 Å². The molecule has 0 bridgehead atoms. The smallest absolute Gasteiger partial charge is 0.422 e. The third-order valence-corrected chi connectivity index (χ3v) is 4.06. The van der Waals surface area contributed by atoms with Crippen LogP contribution in [0.1, 0.15) is 29.1 Å². The molecule has 1 unspecified atom stereocenters. The summed E-state index contributed by atoms with van der Waals surface area (Å²) in [6.07, 6.45) is -2.18. The average molecular weight is 396 g/mol. The van der Waals surface area contributed by atoms with Crippen molar-refractivity contribution in [2.45, 2.75) is 19.1 Å². The fraction of sp³-hybridized carbons (Fsp3) is 0.278. The second-order valence-electron chi connectivity index (χ2n) is 6.17. The maximum absolute atomic E-state index is 13.4. The Morgan fingerprint density at radius 2 is 2.00 bits per heavy atom. The number of hydrogen-bond donors (Lipinski definition) is 1. The van der Waals surface area contributed by atoms with E-state index < -0.39 is 30.5 Å². The molecule has 0 aliphatic heterocycles. The number of nitrogens with one attached hydrogen (secondary N) is 1. The van der Waals surface area contributed by atoms with Gasteiger partial charge in [-0.25, -0.2) is 9.37 Å². The van der Waals surface area contributed by atoms with E-state index in [2.05, 4.69) is 20.0 Å². The Kier molecular flexibility index (Phi) is 5.21. The van der Waals surface area contributed by atoms with E-state index in [1.54, 1.807) is 30.7 Å². The van der Waals surface area contributed by atoms with E-state index in [1.807, 2.05) is 0 Å². The highest BCUT2D eigenvalue weighted by molar-refractivity contribution is 5.98. The average Bonchev–Trinajstić information content (AvgIpc) is 2.96. The summed E-state index contributed by atoms with van der Waals surface area (Å²) >= 11 is 0. The molecule has 2 heterocycles. The van der Waals surface area contributed by atoms with Crippen molar-refractivity contribution in [1.29, 1.82) is 0 Å². The van der Waals surface area contributed by atoms with Gasteiger partial charge in [-0.3, -0.25) is 9.78 Å². The predicted octanol–water partition coefficient (Wildman–Crippen LogP) is 3.54. The Hall–Kier alpha value is -3.17. The van der Waals surface area contributed by atoms with Gasteiger partial charge in [-0.2, -0.15) is 13.2 Å². The fourth-order valence-corrected chi connectivity index (χ4v) is 2.65. The molecule has 0 aliphatic rings. The van der Waals surface area contributed by atoms with Gasteiger partial charge in [0.1, 0.15) is 11.5 Å². The van der Waals surface area contributed by atoms with Crippen molar-refractivity contribution in [1.82, 2.24) is 19.9 Å². The number of halogens is 4. The van der Waals surface area contributed by atoms with Crippen molar-refractivity contribution in [3.63, 3.8) is 0 Å². The molecule has 0 fully saturated rings. The lowest BCUT2D eigenvalue weighted by Gasteiger charge is -2.14. The number of benzene rings is 1. The molecule has 148 valence electrons. The third-order valence-electron chi connectivity index (χ3n) is 4.06. The second kappa shape index (κ2) is 7.45. The van der Waals surface area contributed by atoms with Crippen molar-refractivity contribution in [2.24, 2.45) is 7.05 Å². The number of nitrogens with zero attached hydrogens (tertiary/aromatic N) is 3. The first-order valence-electron chi connectivity index (χ1n) is 8.21. The molecule has 6 nitrogen and oxygen atoms in total. The first-order chi connectivity index (χ1) is 13.1. The molecule has 1 atom stereocenters. The van der Waals surface area contributed by atoms with Gasteiger partial charge in [0.05, 0.1) is 29.6 Å². The summed E-state index contributed by atoms with van der Waals surface area (Å²) in [7, 11) is 1.65. The zero-order valence-corrected chi connectivity index (χ0v) is 14.9. The molecular formula is C18H16F4N4O2. The molecule has 0 spiro atoms. The lowest BCUT2D eigenvalue weighted by Crippen LogP contribution is -2.28. The van der Waals surface area contributed by atoms with Gasteiger partial charge in [0.25, 0.3) is 5.91 Å². The van der Waals surface area contributed by atoms with E-state index in [0.29, 0.717) is 22.3 Å². The first-order valence-corrected chi connectivity index (χ1v) is 8.21. The van der Waals surface area contributed by atoms with Crippen LogP contribution in [0.25, 0.3) is 10.9 Å². The molecule has 10 heteroatoms. The van der Waals surface area contributed by atoms with Crippen molar-refractivity contribution >= 4 is 16.8 Å². The minimum absolute atomic E-state index is 0.268. The minimum atomic E-state index is -4.47. The molecule has 3 rings (SSSR count). The third kappa shape index (κ3) is 4.38. The largest absolute Gasteiger partial charge is 0.467 e. The van der Waals surface area contributed by atoms with Gasteiger partial charge in [0, 0.05) is 12.4 Å². The number of alkyl halides is 3. The monoisotopic (exact) mass is 396 g/mol. The molecule has 0 radical (unpaired) electrons. The van der Waals surface area contributed by atoms with Crippen molar-refractivity contribution in [2.75, 3.05) is 6.61 Å². The summed E-state index contributed by atoms with van der Waals surface area (Å²) in [6.45, 7) is 0.190. The number of amides is 1. The zero-order chi connectivity index (χ0) is 20.5. The Morgan fingerprint density at radius 3 is 2.64 bits per heavy atom. The SMILES string of the molecule is CC(NC(=O)c1cc2ccc(F)cc2n1C)c1cnc(OCC(F)(F)F)cn1. The van der Waals surface area contributed by atoms with Gasteiger partial charge in [0.2, 0.25) is 5.88 Å². The highest BCUT2D eigenvalue weighted by Gasteiger charge is 2.28. The van der Waals surface area contributed by atoms with Gasteiger partial charge >= 0.3 is 6.18 Å². The number of carbonyl (C=O) groups excluding carboxylic acids is 1. The van der Waals surface area contributed by atoms with Gasteiger partial charge in [-0.05, 0) is 31.2 Å². The standard InChI is InChI=1S/C18H16F4N4O2/c1-10(13-7-24-16(8-23-13)28-9-18(20,21)22)25-17(27)15-5-11-3-4-12(19)6-14(11)26(15)2/h3-8,10H,9H2,1-2H3,(H,25,27). The maximum Gasteiger partial charge on any atom is 0.422 e. The summed E-state index contributed by atoms with van der Waals surface area (Å²) in [4.78, 5) is 20.3. The molecule has 1 aromatic carbocycles. The Morgan fingerprint density at radius 1 is 1.25 bits per heavy atom. The van der Waals surface area contributed by atoms with E-state index in [4.69, 9.17) is 0 Å². The molecule has 3 aromatic rings. The van der Waals surface area contributed by atoms with E-state index in [0.717, 1.165) is 6.20 Å². The topological polar surface area (TPSA) is 69.0 Å². The molecular weight excluding hydrogens is 380 g/mol. The van der Waals surface area contributed by atoms with Crippen LogP contribution >= 0.6 is 0 Å². The number of ether oxygens (including phenoxy) is 1. The summed E-state index contributed by atoms with van der Waals surface area (Å²) in [5.74, 6) is -1.08. The summed E-state index contributed by atoms with van der Waals surface area (Å²) in [6, 6.07) is 5.30. The number of carbonyl (C=O) groups is 1. The van der Waals surface area contributed by atoms with Crippen LogP contribution in [0.15, 0.2) is 36.7 Å². The lowest BCUT2D eigenvalue weighted by molar-refractivity contribution is -0.154. The van der Waals surface area contributed by atoms with Gasteiger partial charge in [0.15, 0.2) is 6.61 Å². The van der Waals surface area contributed by atoms with E-state index in [9.17, 15) is 22.4 Å². The number of rotatable bonds is 5. The van der Waals surface area contributed by atoms with Crippen molar-refractivity contribution in [3.8, 4) is 5.88 Å². The van der Waals surface area contributed by atoms with Crippen molar-refractivity contribution in [3.05, 3.63) is 53.9 Å². The van der Waals surface area contributed by atoms with Gasteiger partial charge in [-0.1, -0.05) is 0 Å². The van der Waals surface area contributed by atoms with E-state index in [1.165, 1.54) is 18.3 Å². The molecule has 0 aliphatic carbocycles. The summed E-state index contributed by atoms with van der Waals surface area (Å²) < 4.78 is 55.9. The molecule has 2 aromatic heterocycles. The van der Waals surface area contributed by atoms with E-state index >= 15 is 0 Å². The van der Waals surface area contributed by atoms with Crippen LogP contribution in [0, 0.1) is 5.82 Å². The van der Waals surface area contributed by atoms with Crippen LogP contribution in [0.2, 0.25) is 0 Å². The molecule has 0 saturated carbocycles. The van der Waals surface area contributed by atoms with Gasteiger partial charge < -0.3 is 14.6 Å².